The zero-order chi connectivity index (χ0) is 33.6. The fraction of sp³-hybridized carbons (Fsp3) is 0.303. The molecule has 48 heavy (non-hydrogen) atoms. The van der Waals surface area contributed by atoms with Gasteiger partial charge in [0.05, 0.1) is 33.0 Å². The minimum atomic E-state index is -4.66. The van der Waals surface area contributed by atoms with E-state index in [2.05, 4.69) is 4.98 Å². The molecule has 2 aliphatic heterocycles. The summed E-state index contributed by atoms with van der Waals surface area (Å²) in [5, 5.41) is 12.8. The number of nitrogens with one attached hydrogen (secondary N) is 1. The van der Waals surface area contributed by atoms with Crippen molar-refractivity contribution in [2.45, 2.75) is 35.4 Å². The highest BCUT2D eigenvalue weighted by molar-refractivity contribution is 8.00. The highest BCUT2D eigenvalue weighted by Crippen LogP contribution is 2.69. The number of H-pyrrole nitrogens is 1. The zero-order valence-electron chi connectivity index (χ0n) is 24.5. The first-order chi connectivity index (χ1) is 22.9. The Hall–Kier alpha value is -4.14. The second kappa shape index (κ2) is 11.2. The van der Waals surface area contributed by atoms with Crippen LogP contribution < -0.4 is 14.5 Å². The van der Waals surface area contributed by atoms with Gasteiger partial charge < -0.3 is 9.72 Å². The Kier molecular flexibility index (Phi) is 7.27. The van der Waals surface area contributed by atoms with Gasteiger partial charge in [0.1, 0.15) is 12.4 Å². The molecule has 7 atom stereocenters. The molecule has 2 bridgehead atoms. The highest BCUT2D eigenvalue weighted by atomic mass is 35.5. The third-order valence-corrected chi connectivity index (χ3v) is 12.8. The second-order valence-electron chi connectivity index (χ2n) is 12.4. The number of nitro groups is 1. The molecule has 8 rings (SSSR count). The van der Waals surface area contributed by atoms with E-state index in [0.29, 0.717) is 32.7 Å². The Morgan fingerprint density at radius 3 is 2.48 bits per heavy atom. The number of ether oxygens (including phenoxy) is 1. The number of fused-ring (bicyclic) bond motifs is 9. The number of nitro benzene ring substituents is 1. The number of thiazole rings is 1. The molecule has 15 heteroatoms. The Balaban J connectivity index is 1.21. The van der Waals surface area contributed by atoms with Gasteiger partial charge in [-0.3, -0.25) is 29.4 Å². The van der Waals surface area contributed by atoms with E-state index in [-0.39, 0.29) is 45.9 Å². The first-order valence-electron chi connectivity index (χ1n) is 15.0. The molecule has 0 unspecified atom stereocenters. The number of carbonyl (C=O) groups is 2. The van der Waals surface area contributed by atoms with Gasteiger partial charge in [0, 0.05) is 38.8 Å². The van der Waals surface area contributed by atoms with Crippen LogP contribution in [0.5, 0.6) is 5.75 Å². The standard InChI is InChI=1S/C33H23ClF3N3O6S2/c34-16-5-1-3-14(9-16)13-46-22-8-7-18(40(44)45)11-19(22)23-24-20-12-21(27(24)47-29-28(23)48-32(43)38-29)26-25(20)30(41)39(31(26)42)17-6-2-4-15(10-17)33(35,36)37/h1-11,20-21,23-27H,12-13H2,(H,38,43)/t20-,21-,23+,24+,25+,26+,27-/m1/s1. The summed E-state index contributed by atoms with van der Waals surface area (Å²) in [4.78, 5) is 56.3. The molecule has 2 amide bonds. The SMILES string of the molecule is O=C1[C@H]2[C@H]3C[C@@H]([C@@H]2C(=O)N1c1cccc(C(F)(F)F)c1)[C@H]1[C@H](c2cc([N+](=O)[O-])ccc2OCc2cccc(Cl)c2)c2sc(=O)[nH]c2S[C@H]31. The summed E-state index contributed by atoms with van der Waals surface area (Å²) in [6.45, 7) is 0.104. The fourth-order valence-electron chi connectivity index (χ4n) is 8.25. The fourth-order valence-corrected chi connectivity index (χ4v) is 11.3. The predicted molar refractivity (Wildman–Crippen MR) is 171 cm³/mol. The molecular weight excluding hydrogens is 691 g/mol. The maximum atomic E-state index is 14.1. The third kappa shape index (κ3) is 4.86. The number of nitrogens with zero attached hydrogens (tertiary/aromatic N) is 2. The molecule has 9 nitrogen and oxygen atoms in total. The lowest BCUT2D eigenvalue weighted by Crippen LogP contribution is -2.42. The molecule has 1 N–H and O–H groups in total. The highest BCUT2D eigenvalue weighted by Gasteiger charge is 2.70. The summed E-state index contributed by atoms with van der Waals surface area (Å²) in [7, 11) is 0. The Bertz CT molecular complexity index is 2090. The van der Waals surface area contributed by atoms with Gasteiger partial charge in [-0.25, -0.2) is 0 Å². The van der Waals surface area contributed by atoms with E-state index in [0.717, 1.165) is 33.9 Å². The van der Waals surface area contributed by atoms with E-state index < -0.39 is 46.2 Å². The lowest BCUT2D eigenvalue weighted by Gasteiger charge is -2.43. The summed E-state index contributed by atoms with van der Waals surface area (Å²) in [5.74, 6) is -3.84. The van der Waals surface area contributed by atoms with Crippen LogP contribution in [0.3, 0.4) is 0 Å². The Morgan fingerprint density at radius 1 is 1.00 bits per heavy atom. The summed E-state index contributed by atoms with van der Waals surface area (Å²) < 4.78 is 46.9. The smallest absolute Gasteiger partial charge is 0.416 e. The van der Waals surface area contributed by atoms with Crippen molar-refractivity contribution in [2.24, 2.45) is 29.6 Å². The summed E-state index contributed by atoms with van der Waals surface area (Å²) in [5.41, 5.74) is -0.0193. The first-order valence-corrected chi connectivity index (χ1v) is 17.1. The number of thioether (sulfide) groups is 1. The average Bonchev–Trinajstić information content (AvgIpc) is 3.78. The summed E-state index contributed by atoms with van der Waals surface area (Å²) >= 11 is 8.59. The number of carbonyl (C=O) groups excluding carboxylic acids is 2. The zero-order valence-corrected chi connectivity index (χ0v) is 26.9. The third-order valence-electron chi connectivity index (χ3n) is 9.98. The quantitative estimate of drug-likeness (QED) is 0.127. The van der Waals surface area contributed by atoms with E-state index in [1.54, 1.807) is 18.2 Å². The molecule has 0 spiro atoms. The van der Waals surface area contributed by atoms with Gasteiger partial charge in [-0.15, -0.1) is 11.8 Å². The maximum Gasteiger partial charge on any atom is 0.416 e. The van der Waals surface area contributed by atoms with Gasteiger partial charge in [-0.2, -0.15) is 13.2 Å². The molecular formula is C33H23ClF3N3O6S2. The van der Waals surface area contributed by atoms with Gasteiger partial charge >= 0.3 is 11.0 Å². The van der Waals surface area contributed by atoms with E-state index in [4.69, 9.17) is 16.3 Å². The van der Waals surface area contributed by atoms with Crippen LogP contribution in [0.15, 0.2) is 76.6 Å². The van der Waals surface area contributed by atoms with Crippen molar-refractivity contribution in [1.29, 1.82) is 0 Å². The number of hydrogen-bond donors (Lipinski definition) is 1. The molecule has 2 saturated carbocycles. The lowest BCUT2D eigenvalue weighted by molar-refractivity contribution is -0.385. The number of amides is 2. The first kappa shape index (κ1) is 31.1. The van der Waals surface area contributed by atoms with Crippen LogP contribution in [0.25, 0.3) is 0 Å². The number of rotatable bonds is 6. The molecule has 4 aromatic rings. The number of aromatic nitrogens is 1. The maximum absolute atomic E-state index is 14.1. The number of non-ortho nitro benzene ring substituents is 1. The molecule has 0 radical (unpaired) electrons. The van der Waals surface area contributed by atoms with Crippen molar-refractivity contribution in [3.63, 3.8) is 0 Å². The topological polar surface area (TPSA) is 123 Å². The molecule has 1 aromatic heterocycles. The van der Waals surface area contributed by atoms with Crippen molar-refractivity contribution in [2.75, 3.05) is 4.90 Å². The molecule has 2 aliphatic carbocycles. The summed E-state index contributed by atoms with van der Waals surface area (Å²) in [6.07, 6.45) is -4.14. The van der Waals surface area contributed by atoms with Crippen molar-refractivity contribution >= 4 is 57.9 Å². The van der Waals surface area contributed by atoms with Crippen molar-refractivity contribution in [3.05, 3.63) is 113 Å². The number of aromatic amines is 1. The van der Waals surface area contributed by atoms with Gasteiger partial charge in [-0.05, 0) is 66.1 Å². The summed E-state index contributed by atoms with van der Waals surface area (Å²) in [6, 6.07) is 15.6. The minimum Gasteiger partial charge on any atom is -0.489 e. The van der Waals surface area contributed by atoms with E-state index in [1.807, 2.05) is 6.07 Å². The second-order valence-corrected chi connectivity index (χ2v) is 15.1. The molecule has 1 saturated heterocycles. The normalized spacial score (nSPS) is 27.2. The molecule has 4 aliphatic rings. The molecule has 246 valence electrons. The molecule has 3 aromatic carbocycles. The molecule has 3 heterocycles. The number of alkyl halides is 3. The van der Waals surface area contributed by atoms with E-state index >= 15 is 0 Å². The predicted octanol–water partition coefficient (Wildman–Crippen LogP) is 7.27. The number of anilines is 1. The lowest BCUT2D eigenvalue weighted by atomic mass is 9.68. The average molecular weight is 714 g/mol. The number of benzene rings is 3. The molecule has 3 fully saturated rings. The van der Waals surface area contributed by atoms with Gasteiger partial charge in [0.25, 0.3) is 5.69 Å². The van der Waals surface area contributed by atoms with Crippen molar-refractivity contribution in [1.82, 2.24) is 4.98 Å². The van der Waals surface area contributed by atoms with Crippen LogP contribution in [0.1, 0.15) is 33.9 Å². The number of imide groups is 1. The van der Waals surface area contributed by atoms with E-state index in [1.165, 1.54) is 42.1 Å². The van der Waals surface area contributed by atoms with Crippen LogP contribution in [0.4, 0.5) is 24.5 Å². The van der Waals surface area contributed by atoms with Crippen molar-refractivity contribution < 1.29 is 32.4 Å². The van der Waals surface area contributed by atoms with Gasteiger partial charge in [0.15, 0.2) is 0 Å². The van der Waals surface area contributed by atoms with Crippen LogP contribution in [-0.4, -0.2) is 27.0 Å². The van der Waals surface area contributed by atoms with Crippen LogP contribution in [0.2, 0.25) is 5.02 Å². The number of halogens is 4. The largest absolute Gasteiger partial charge is 0.489 e. The van der Waals surface area contributed by atoms with Gasteiger partial charge in [0.2, 0.25) is 11.8 Å². The van der Waals surface area contributed by atoms with Crippen LogP contribution in [0, 0.1) is 39.7 Å². The Morgan fingerprint density at radius 2 is 1.75 bits per heavy atom. The number of hydrogen-bond acceptors (Lipinski definition) is 8. The Labute approximate surface area is 283 Å². The van der Waals surface area contributed by atoms with Crippen molar-refractivity contribution in [3.8, 4) is 5.75 Å². The van der Waals surface area contributed by atoms with Gasteiger partial charge in [-0.1, -0.05) is 41.1 Å². The van der Waals surface area contributed by atoms with Crippen LogP contribution >= 0.6 is 34.7 Å². The van der Waals surface area contributed by atoms with E-state index in [9.17, 15) is 37.7 Å². The van der Waals surface area contributed by atoms with Crippen LogP contribution in [-0.2, 0) is 22.4 Å². The minimum absolute atomic E-state index is 0.104. The monoisotopic (exact) mass is 713 g/mol.